The van der Waals surface area contributed by atoms with Crippen molar-refractivity contribution in [1.29, 1.82) is 5.26 Å². The fourth-order valence-electron chi connectivity index (χ4n) is 2.89. The number of halogens is 2. The van der Waals surface area contributed by atoms with Crippen molar-refractivity contribution in [3.05, 3.63) is 28.2 Å². The Balaban J connectivity index is 2.07. The fourth-order valence-corrected chi connectivity index (χ4v) is 4.66. The lowest BCUT2D eigenvalue weighted by molar-refractivity contribution is 0.307. The lowest BCUT2D eigenvalue weighted by Gasteiger charge is -2.32. The molecule has 2 rings (SSSR count). The molecule has 108 valence electrons. The summed E-state index contributed by atoms with van der Waals surface area (Å²) in [6.45, 7) is 2.23. The summed E-state index contributed by atoms with van der Waals surface area (Å²) < 4.78 is 0. The van der Waals surface area contributed by atoms with E-state index in [1.54, 1.807) is 11.8 Å². The number of hydrogen-bond donors (Lipinski definition) is 0. The lowest BCUT2D eigenvalue weighted by atomic mass is 9.80. The molecule has 3 atom stereocenters. The zero-order chi connectivity index (χ0) is 14.5. The van der Waals surface area contributed by atoms with Crippen molar-refractivity contribution in [3.8, 4) is 6.07 Å². The second-order valence-corrected chi connectivity index (χ2v) is 7.56. The van der Waals surface area contributed by atoms with Crippen molar-refractivity contribution in [2.45, 2.75) is 49.2 Å². The molecule has 1 aromatic carbocycles. The van der Waals surface area contributed by atoms with Crippen LogP contribution in [-0.2, 0) is 0 Å². The van der Waals surface area contributed by atoms with Crippen LogP contribution in [0.3, 0.4) is 0 Å². The monoisotopic (exact) mass is 327 g/mol. The van der Waals surface area contributed by atoms with E-state index < -0.39 is 0 Å². The Morgan fingerprint density at radius 3 is 2.75 bits per heavy atom. The van der Waals surface area contributed by atoms with E-state index in [9.17, 15) is 5.26 Å². The van der Waals surface area contributed by atoms with Gasteiger partial charge in [-0.1, -0.05) is 43.0 Å². The van der Waals surface area contributed by atoms with Gasteiger partial charge in [-0.25, -0.2) is 0 Å². The highest BCUT2D eigenvalue weighted by molar-refractivity contribution is 8.00. The third kappa shape index (κ3) is 4.07. The highest BCUT2D eigenvalue weighted by Gasteiger charge is 2.30. The molecule has 1 aromatic rings. The summed E-state index contributed by atoms with van der Waals surface area (Å²) in [5.74, 6) is 0.924. The third-order valence-corrected chi connectivity index (χ3v) is 6.03. The van der Waals surface area contributed by atoms with Crippen LogP contribution < -0.4 is 0 Å². The SMILES string of the molecule is CCCC1CCC(C#N)C(Sc2ccc(Cl)c(Cl)c2)C1. The van der Waals surface area contributed by atoms with E-state index in [0.29, 0.717) is 15.3 Å². The van der Waals surface area contributed by atoms with Gasteiger partial charge < -0.3 is 0 Å². The van der Waals surface area contributed by atoms with Gasteiger partial charge in [0.25, 0.3) is 0 Å². The highest BCUT2D eigenvalue weighted by Crippen LogP contribution is 2.42. The topological polar surface area (TPSA) is 23.8 Å². The number of nitrogens with zero attached hydrogens (tertiary/aromatic N) is 1. The normalized spacial score (nSPS) is 26.2. The van der Waals surface area contributed by atoms with E-state index in [2.05, 4.69) is 13.0 Å². The summed E-state index contributed by atoms with van der Waals surface area (Å²) in [5.41, 5.74) is 0. The Labute approximate surface area is 135 Å². The fraction of sp³-hybridized carbons (Fsp3) is 0.562. The lowest BCUT2D eigenvalue weighted by Crippen LogP contribution is -2.26. The van der Waals surface area contributed by atoms with Crippen molar-refractivity contribution in [2.24, 2.45) is 11.8 Å². The van der Waals surface area contributed by atoms with Gasteiger partial charge in [0.1, 0.15) is 0 Å². The molecule has 0 radical (unpaired) electrons. The van der Waals surface area contributed by atoms with E-state index in [1.165, 1.54) is 19.3 Å². The van der Waals surface area contributed by atoms with Gasteiger partial charge in [-0.05, 0) is 43.4 Å². The van der Waals surface area contributed by atoms with Crippen molar-refractivity contribution in [1.82, 2.24) is 0 Å². The van der Waals surface area contributed by atoms with Crippen LogP contribution in [0.15, 0.2) is 23.1 Å². The van der Waals surface area contributed by atoms with E-state index in [4.69, 9.17) is 23.2 Å². The van der Waals surface area contributed by atoms with Crippen LogP contribution in [0.4, 0.5) is 0 Å². The molecule has 0 spiro atoms. The number of rotatable bonds is 4. The Hall–Kier alpha value is -0.360. The molecule has 20 heavy (non-hydrogen) atoms. The first kappa shape index (κ1) is 16.0. The minimum atomic E-state index is 0.155. The van der Waals surface area contributed by atoms with Crippen molar-refractivity contribution < 1.29 is 0 Å². The molecular weight excluding hydrogens is 309 g/mol. The average Bonchev–Trinajstić information content (AvgIpc) is 2.44. The van der Waals surface area contributed by atoms with Crippen LogP contribution in [0.5, 0.6) is 0 Å². The van der Waals surface area contributed by atoms with Crippen molar-refractivity contribution >= 4 is 35.0 Å². The summed E-state index contributed by atoms with van der Waals surface area (Å²) >= 11 is 13.8. The summed E-state index contributed by atoms with van der Waals surface area (Å²) in [6, 6.07) is 8.22. The van der Waals surface area contributed by atoms with Crippen LogP contribution in [0.2, 0.25) is 10.0 Å². The Kier molecular flexibility index (Phi) is 6.08. The van der Waals surface area contributed by atoms with Gasteiger partial charge in [-0.15, -0.1) is 11.8 Å². The molecule has 1 aliphatic carbocycles. The molecule has 0 saturated heterocycles. The second-order valence-electron chi connectivity index (χ2n) is 5.44. The van der Waals surface area contributed by atoms with Crippen LogP contribution in [0.25, 0.3) is 0 Å². The molecule has 1 fully saturated rings. The highest BCUT2D eigenvalue weighted by atomic mass is 35.5. The standard InChI is InChI=1S/C16H19Cl2NS/c1-2-3-11-4-5-12(10-19)16(8-11)20-13-6-7-14(17)15(18)9-13/h6-7,9,11-12,16H,2-5,8H2,1H3. The number of thioether (sulfide) groups is 1. The first-order valence-corrected chi connectivity index (χ1v) is 8.79. The second kappa shape index (κ2) is 7.59. The molecule has 1 nitrogen and oxygen atoms in total. The van der Waals surface area contributed by atoms with Gasteiger partial charge in [0, 0.05) is 10.1 Å². The molecule has 1 saturated carbocycles. The molecule has 0 aliphatic heterocycles. The molecule has 0 N–H and O–H groups in total. The largest absolute Gasteiger partial charge is 0.198 e. The predicted molar refractivity (Wildman–Crippen MR) is 87.5 cm³/mol. The molecule has 0 amide bonds. The summed E-state index contributed by atoms with van der Waals surface area (Å²) in [6.07, 6.45) is 5.87. The molecule has 1 aliphatic rings. The first-order chi connectivity index (χ1) is 9.63. The van der Waals surface area contributed by atoms with Crippen molar-refractivity contribution in [2.75, 3.05) is 0 Å². The molecule has 4 heteroatoms. The quantitative estimate of drug-likeness (QED) is 0.657. The first-order valence-electron chi connectivity index (χ1n) is 7.15. The molecule has 0 heterocycles. The van der Waals surface area contributed by atoms with E-state index in [-0.39, 0.29) is 5.92 Å². The molecule has 0 aromatic heterocycles. The zero-order valence-electron chi connectivity index (χ0n) is 11.6. The molecular formula is C16H19Cl2NS. The van der Waals surface area contributed by atoms with Crippen LogP contribution in [0, 0.1) is 23.2 Å². The van der Waals surface area contributed by atoms with Gasteiger partial charge in [-0.2, -0.15) is 5.26 Å². The van der Waals surface area contributed by atoms with E-state index in [0.717, 1.165) is 23.7 Å². The Morgan fingerprint density at radius 1 is 1.30 bits per heavy atom. The van der Waals surface area contributed by atoms with E-state index >= 15 is 0 Å². The number of nitriles is 1. The Morgan fingerprint density at radius 2 is 2.10 bits per heavy atom. The number of hydrogen-bond acceptors (Lipinski definition) is 2. The predicted octanol–water partition coefficient (Wildman–Crippen LogP) is 6.19. The average molecular weight is 328 g/mol. The minimum absolute atomic E-state index is 0.155. The minimum Gasteiger partial charge on any atom is -0.198 e. The third-order valence-electron chi connectivity index (χ3n) is 3.94. The maximum Gasteiger partial charge on any atom is 0.0667 e. The smallest absolute Gasteiger partial charge is 0.0667 e. The molecule has 0 bridgehead atoms. The maximum absolute atomic E-state index is 9.34. The van der Waals surface area contributed by atoms with Gasteiger partial charge in [0.05, 0.1) is 22.0 Å². The summed E-state index contributed by atoms with van der Waals surface area (Å²) in [5, 5.41) is 10.9. The van der Waals surface area contributed by atoms with Gasteiger partial charge >= 0.3 is 0 Å². The zero-order valence-corrected chi connectivity index (χ0v) is 13.9. The van der Waals surface area contributed by atoms with Gasteiger partial charge in [0.2, 0.25) is 0 Å². The van der Waals surface area contributed by atoms with Crippen LogP contribution in [-0.4, -0.2) is 5.25 Å². The van der Waals surface area contributed by atoms with Crippen LogP contribution >= 0.6 is 35.0 Å². The summed E-state index contributed by atoms with van der Waals surface area (Å²) in [4.78, 5) is 1.11. The van der Waals surface area contributed by atoms with Gasteiger partial charge in [-0.3, -0.25) is 0 Å². The van der Waals surface area contributed by atoms with Crippen molar-refractivity contribution in [3.63, 3.8) is 0 Å². The number of benzene rings is 1. The summed E-state index contributed by atoms with van der Waals surface area (Å²) in [7, 11) is 0. The van der Waals surface area contributed by atoms with Gasteiger partial charge in [0.15, 0.2) is 0 Å². The van der Waals surface area contributed by atoms with E-state index in [1.807, 2.05) is 18.2 Å². The maximum atomic E-state index is 9.34. The molecule has 3 unspecified atom stereocenters. The van der Waals surface area contributed by atoms with Crippen LogP contribution in [0.1, 0.15) is 39.0 Å². The Bertz CT molecular complexity index is 498.